The number of ether oxygens (including phenoxy) is 1. The summed E-state index contributed by atoms with van der Waals surface area (Å²) in [7, 11) is 1.51. The number of carboxylic acid groups (broad SMARTS) is 1. The highest BCUT2D eigenvalue weighted by molar-refractivity contribution is 5.89. The molecule has 0 bridgehead atoms. The van der Waals surface area contributed by atoms with Gasteiger partial charge >= 0.3 is 5.97 Å². The van der Waals surface area contributed by atoms with Gasteiger partial charge in [0.25, 0.3) is 5.88 Å². The quantitative estimate of drug-likeness (QED) is 0.818. The van der Waals surface area contributed by atoms with Gasteiger partial charge in [0.05, 0.1) is 7.11 Å². The predicted octanol–water partition coefficient (Wildman–Crippen LogP) is 3.88. The predicted molar refractivity (Wildman–Crippen MR) is 99.9 cm³/mol. The second-order valence-electron chi connectivity index (χ2n) is 6.88. The molecule has 6 heteroatoms. The lowest BCUT2D eigenvalue weighted by Crippen LogP contribution is -2.22. The molecule has 1 aromatic heterocycles. The van der Waals surface area contributed by atoms with E-state index in [0.717, 1.165) is 13.0 Å². The number of nitrogens with zero attached hydrogens (tertiary/aromatic N) is 2. The van der Waals surface area contributed by atoms with Gasteiger partial charge < -0.3 is 15.2 Å². The van der Waals surface area contributed by atoms with E-state index in [0.29, 0.717) is 29.0 Å². The molecule has 2 atom stereocenters. The van der Waals surface area contributed by atoms with Crippen LogP contribution in [0.5, 0.6) is 5.88 Å². The highest BCUT2D eigenvalue weighted by atomic mass is 16.5. The summed E-state index contributed by atoms with van der Waals surface area (Å²) in [5, 5.41) is 20.3. The van der Waals surface area contributed by atoms with Crippen molar-refractivity contribution in [2.24, 2.45) is 5.92 Å². The summed E-state index contributed by atoms with van der Waals surface area (Å²) in [6, 6.07) is 10.7. The molecule has 138 valence electrons. The highest BCUT2D eigenvalue weighted by Crippen LogP contribution is 2.37. The number of rotatable bonds is 6. The van der Waals surface area contributed by atoms with Crippen molar-refractivity contribution in [2.75, 3.05) is 19.0 Å². The van der Waals surface area contributed by atoms with Gasteiger partial charge in [-0.3, -0.25) is 0 Å². The molecule has 3 rings (SSSR count). The highest BCUT2D eigenvalue weighted by Gasteiger charge is 2.24. The lowest BCUT2D eigenvalue weighted by molar-refractivity contribution is 0.0688. The van der Waals surface area contributed by atoms with Crippen molar-refractivity contribution in [1.82, 2.24) is 10.2 Å². The molecule has 0 aliphatic heterocycles. The number of hydrogen-bond donors (Lipinski definition) is 2. The third kappa shape index (κ3) is 3.95. The standard InChI is InChI=1S/C20H25N3O3/c1-13-17(19(26-2)23-22-18(13)20(24)25)21-12-14-7-6-10-16(11-14)15-8-4-3-5-9-15/h3-5,8-9,14,16H,6-7,10-12H2,1-2H3,(H,21,22)(H,24,25). The van der Waals surface area contributed by atoms with E-state index in [1.165, 1.54) is 31.9 Å². The molecule has 0 saturated heterocycles. The fourth-order valence-electron chi connectivity index (χ4n) is 3.80. The molecule has 26 heavy (non-hydrogen) atoms. The van der Waals surface area contributed by atoms with E-state index >= 15 is 0 Å². The summed E-state index contributed by atoms with van der Waals surface area (Å²) in [6.07, 6.45) is 4.73. The van der Waals surface area contributed by atoms with E-state index < -0.39 is 5.97 Å². The first-order valence-electron chi connectivity index (χ1n) is 9.03. The number of carbonyl (C=O) groups is 1. The topological polar surface area (TPSA) is 84.3 Å². The summed E-state index contributed by atoms with van der Waals surface area (Å²) in [6.45, 7) is 2.50. The molecule has 1 aliphatic carbocycles. The third-order valence-electron chi connectivity index (χ3n) is 5.20. The van der Waals surface area contributed by atoms with Crippen molar-refractivity contribution in [2.45, 2.75) is 38.5 Å². The number of aromatic nitrogens is 2. The maximum absolute atomic E-state index is 11.3. The number of carboxylic acids is 1. The van der Waals surface area contributed by atoms with Gasteiger partial charge in [0.15, 0.2) is 5.69 Å². The zero-order valence-corrected chi connectivity index (χ0v) is 15.2. The lowest BCUT2D eigenvalue weighted by atomic mass is 9.78. The fourth-order valence-corrected chi connectivity index (χ4v) is 3.80. The molecule has 1 saturated carbocycles. The zero-order chi connectivity index (χ0) is 18.5. The Hall–Kier alpha value is -2.63. The number of methoxy groups -OCH3 is 1. The number of aromatic carboxylic acids is 1. The van der Waals surface area contributed by atoms with Crippen molar-refractivity contribution in [3.8, 4) is 5.88 Å². The summed E-state index contributed by atoms with van der Waals surface area (Å²) in [5.41, 5.74) is 2.55. The Bertz CT molecular complexity index is 764. The van der Waals surface area contributed by atoms with E-state index in [1.54, 1.807) is 6.92 Å². The Balaban J connectivity index is 1.70. The van der Waals surface area contributed by atoms with Gasteiger partial charge in [0.2, 0.25) is 0 Å². The second-order valence-corrected chi connectivity index (χ2v) is 6.88. The van der Waals surface area contributed by atoms with E-state index in [1.807, 2.05) is 0 Å². The van der Waals surface area contributed by atoms with E-state index in [2.05, 4.69) is 45.8 Å². The van der Waals surface area contributed by atoms with Gasteiger partial charge in [0.1, 0.15) is 5.69 Å². The molecule has 1 aliphatic rings. The van der Waals surface area contributed by atoms with E-state index in [4.69, 9.17) is 4.74 Å². The monoisotopic (exact) mass is 355 g/mol. The summed E-state index contributed by atoms with van der Waals surface area (Å²) < 4.78 is 5.26. The average Bonchev–Trinajstić information content (AvgIpc) is 2.67. The van der Waals surface area contributed by atoms with Crippen LogP contribution in [0.15, 0.2) is 30.3 Å². The van der Waals surface area contributed by atoms with Gasteiger partial charge in [-0.05, 0) is 43.6 Å². The molecule has 0 radical (unpaired) electrons. The van der Waals surface area contributed by atoms with Crippen molar-refractivity contribution in [3.63, 3.8) is 0 Å². The molecule has 2 aromatic rings. The normalized spacial score (nSPS) is 19.8. The van der Waals surface area contributed by atoms with Crippen LogP contribution in [-0.4, -0.2) is 34.9 Å². The summed E-state index contributed by atoms with van der Waals surface area (Å²) >= 11 is 0. The number of nitrogens with one attached hydrogen (secondary N) is 1. The van der Waals surface area contributed by atoms with Gasteiger partial charge in [-0.25, -0.2) is 4.79 Å². The molecule has 0 spiro atoms. The summed E-state index contributed by atoms with van der Waals surface area (Å²) in [4.78, 5) is 11.3. The molecule has 0 amide bonds. The molecule has 2 N–H and O–H groups in total. The van der Waals surface area contributed by atoms with Crippen LogP contribution in [-0.2, 0) is 0 Å². The average molecular weight is 355 g/mol. The van der Waals surface area contributed by atoms with Crippen LogP contribution in [0.2, 0.25) is 0 Å². The Morgan fingerprint density at radius 1 is 1.27 bits per heavy atom. The lowest BCUT2D eigenvalue weighted by Gasteiger charge is -2.30. The Morgan fingerprint density at radius 3 is 2.73 bits per heavy atom. The minimum atomic E-state index is -1.08. The van der Waals surface area contributed by atoms with Crippen molar-refractivity contribution < 1.29 is 14.6 Å². The molecule has 1 fully saturated rings. The van der Waals surface area contributed by atoms with Crippen molar-refractivity contribution in [1.29, 1.82) is 0 Å². The number of anilines is 1. The van der Waals surface area contributed by atoms with Gasteiger partial charge in [-0.2, -0.15) is 0 Å². The first-order valence-corrected chi connectivity index (χ1v) is 9.03. The minimum absolute atomic E-state index is 0.0425. The van der Waals surface area contributed by atoms with Crippen LogP contribution in [0.4, 0.5) is 5.69 Å². The number of benzene rings is 1. The number of hydrogen-bond acceptors (Lipinski definition) is 5. The Kier molecular flexibility index (Phi) is 5.71. The second kappa shape index (κ2) is 8.17. The van der Waals surface area contributed by atoms with E-state index in [-0.39, 0.29) is 5.69 Å². The Labute approximate surface area is 153 Å². The van der Waals surface area contributed by atoms with Crippen LogP contribution in [0.25, 0.3) is 0 Å². The first kappa shape index (κ1) is 18.2. The third-order valence-corrected chi connectivity index (χ3v) is 5.20. The van der Waals surface area contributed by atoms with Gasteiger partial charge in [0, 0.05) is 12.1 Å². The minimum Gasteiger partial charge on any atom is -0.478 e. The molecule has 1 aromatic carbocycles. The molecular formula is C20H25N3O3. The maximum Gasteiger partial charge on any atom is 0.356 e. The maximum atomic E-state index is 11.3. The molecular weight excluding hydrogens is 330 g/mol. The zero-order valence-electron chi connectivity index (χ0n) is 15.2. The van der Waals surface area contributed by atoms with Crippen molar-refractivity contribution >= 4 is 11.7 Å². The van der Waals surface area contributed by atoms with E-state index in [9.17, 15) is 9.90 Å². The largest absolute Gasteiger partial charge is 0.478 e. The van der Waals surface area contributed by atoms with Crippen LogP contribution in [0.1, 0.15) is 53.2 Å². The van der Waals surface area contributed by atoms with Crippen LogP contribution in [0.3, 0.4) is 0 Å². The SMILES string of the molecule is COc1nnc(C(=O)O)c(C)c1NCC1CCCC(c2ccccc2)C1. The van der Waals surface area contributed by atoms with Gasteiger partial charge in [-0.15, -0.1) is 10.2 Å². The van der Waals surface area contributed by atoms with Crippen LogP contribution in [0, 0.1) is 12.8 Å². The molecule has 6 nitrogen and oxygen atoms in total. The van der Waals surface area contributed by atoms with Crippen LogP contribution < -0.4 is 10.1 Å². The van der Waals surface area contributed by atoms with Gasteiger partial charge in [-0.1, -0.05) is 36.8 Å². The first-order chi connectivity index (χ1) is 12.6. The molecule has 1 heterocycles. The summed E-state index contributed by atoms with van der Waals surface area (Å²) in [5.74, 6) is 0.370. The van der Waals surface area contributed by atoms with Crippen molar-refractivity contribution in [3.05, 3.63) is 47.2 Å². The Morgan fingerprint density at radius 2 is 2.04 bits per heavy atom. The smallest absolute Gasteiger partial charge is 0.356 e. The van der Waals surface area contributed by atoms with Crippen LogP contribution >= 0.6 is 0 Å². The fraction of sp³-hybridized carbons (Fsp3) is 0.450. The molecule has 2 unspecified atom stereocenters.